The first-order valence-electron chi connectivity index (χ1n) is 10.9. The lowest BCUT2D eigenvalue weighted by atomic mass is 9.88. The number of aliphatic hydroxyl groups is 3. The van der Waals surface area contributed by atoms with E-state index in [0.717, 1.165) is 0 Å². The molecule has 0 heterocycles. The third kappa shape index (κ3) is 5.40. The summed E-state index contributed by atoms with van der Waals surface area (Å²) >= 11 is 0. The molecule has 2 rings (SSSR count). The Morgan fingerprint density at radius 2 is 1.33 bits per heavy atom. The Labute approximate surface area is 182 Å². The summed E-state index contributed by atoms with van der Waals surface area (Å²) in [5.41, 5.74) is 0. The van der Waals surface area contributed by atoms with Crippen LogP contribution >= 0.6 is 0 Å². The number of hydrogen-bond acceptors (Lipinski definition) is 4. The van der Waals surface area contributed by atoms with Crippen molar-refractivity contribution in [1.29, 1.82) is 0 Å². The average Bonchev–Trinajstić information content (AvgIpc) is 2.75. The third-order valence-electron chi connectivity index (χ3n) is 6.17. The molecule has 0 aromatic heterocycles. The minimum absolute atomic E-state index is 0.100. The molecule has 0 fully saturated rings. The molecule has 0 radical (unpaired) electrons. The van der Waals surface area contributed by atoms with Gasteiger partial charge < -0.3 is 19.7 Å². The summed E-state index contributed by atoms with van der Waals surface area (Å²) < 4.78 is 6.80. The fourth-order valence-corrected chi connectivity index (χ4v) is 8.79. The highest BCUT2D eigenvalue weighted by molar-refractivity contribution is 6.99. The summed E-state index contributed by atoms with van der Waals surface area (Å²) in [6.07, 6.45) is -1.02. The van der Waals surface area contributed by atoms with E-state index in [1.54, 1.807) is 6.92 Å². The van der Waals surface area contributed by atoms with Crippen molar-refractivity contribution in [2.24, 2.45) is 11.8 Å². The summed E-state index contributed by atoms with van der Waals surface area (Å²) in [4.78, 5) is 0. The quantitative estimate of drug-likeness (QED) is 0.507. The van der Waals surface area contributed by atoms with Crippen molar-refractivity contribution < 1.29 is 19.7 Å². The molecule has 0 aliphatic heterocycles. The van der Waals surface area contributed by atoms with Gasteiger partial charge in [-0.05, 0) is 21.8 Å². The molecule has 0 saturated heterocycles. The lowest BCUT2D eigenvalue weighted by Crippen LogP contribution is -2.66. The smallest absolute Gasteiger partial charge is 0.261 e. The SMILES string of the molecule is C[C@@H]([C@H](O)[C@H](C)CO)[C@H](O)CCO[Si](c1ccccc1)(c1ccccc1)C(C)(C)C. The Morgan fingerprint density at radius 1 is 0.867 bits per heavy atom. The van der Waals surface area contributed by atoms with Gasteiger partial charge in [0.1, 0.15) is 0 Å². The molecule has 0 aliphatic rings. The lowest BCUT2D eigenvalue weighted by molar-refractivity contribution is -0.0256. The van der Waals surface area contributed by atoms with Gasteiger partial charge in [0, 0.05) is 25.0 Å². The highest BCUT2D eigenvalue weighted by Gasteiger charge is 2.50. The van der Waals surface area contributed by atoms with E-state index in [4.69, 9.17) is 4.43 Å². The largest absolute Gasteiger partial charge is 0.407 e. The van der Waals surface area contributed by atoms with Gasteiger partial charge in [-0.25, -0.2) is 0 Å². The standard InChI is InChI=1S/C25H38O4Si/c1-19(18-26)24(28)20(2)23(27)16-17-29-30(25(3,4)5,21-12-8-6-9-13-21)22-14-10-7-11-15-22/h6-15,19-20,23-24,26-28H,16-18H2,1-5H3/t19-,20-,23-,24-/m1/s1. The maximum atomic E-state index is 10.7. The zero-order chi connectivity index (χ0) is 22.4. The molecule has 0 bridgehead atoms. The molecule has 30 heavy (non-hydrogen) atoms. The minimum Gasteiger partial charge on any atom is -0.407 e. The maximum Gasteiger partial charge on any atom is 0.261 e. The Balaban J connectivity index is 2.29. The Kier molecular flexibility index (Phi) is 8.82. The molecular formula is C25H38O4Si. The van der Waals surface area contributed by atoms with Gasteiger partial charge >= 0.3 is 0 Å². The highest BCUT2D eigenvalue weighted by Crippen LogP contribution is 2.37. The van der Waals surface area contributed by atoms with Crippen LogP contribution in [0.5, 0.6) is 0 Å². The van der Waals surface area contributed by atoms with E-state index in [0.29, 0.717) is 13.0 Å². The van der Waals surface area contributed by atoms with Crippen molar-refractivity contribution >= 4 is 18.7 Å². The first-order chi connectivity index (χ1) is 14.1. The number of benzene rings is 2. The van der Waals surface area contributed by atoms with Crippen molar-refractivity contribution in [3.8, 4) is 0 Å². The van der Waals surface area contributed by atoms with Crippen LogP contribution in [-0.2, 0) is 4.43 Å². The molecule has 4 nitrogen and oxygen atoms in total. The molecule has 4 atom stereocenters. The zero-order valence-electron chi connectivity index (χ0n) is 19.0. The van der Waals surface area contributed by atoms with Gasteiger partial charge in [-0.15, -0.1) is 0 Å². The molecule has 166 valence electrons. The molecule has 2 aromatic carbocycles. The fraction of sp³-hybridized carbons (Fsp3) is 0.520. The van der Waals surface area contributed by atoms with Gasteiger partial charge in [0.15, 0.2) is 0 Å². The van der Waals surface area contributed by atoms with E-state index in [2.05, 4.69) is 69.3 Å². The second-order valence-electron chi connectivity index (χ2n) is 9.38. The normalized spacial score (nSPS) is 16.7. The van der Waals surface area contributed by atoms with E-state index in [1.807, 2.05) is 19.1 Å². The van der Waals surface area contributed by atoms with Crippen LogP contribution < -0.4 is 10.4 Å². The van der Waals surface area contributed by atoms with Crippen LogP contribution in [0.15, 0.2) is 60.7 Å². The summed E-state index contributed by atoms with van der Waals surface area (Å²) in [7, 11) is -2.62. The van der Waals surface area contributed by atoms with E-state index in [-0.39, 0.29) is 23.5 Å². The summed E-state index contributed by atoms with van der Waals surface area (Å²) in [6, 6.07) is 20.9. The maximum absolute atomic E-state index is 10.7. The average molecular weight is 431 g/mol. The van der Waals surface area contributed by atoms with E-state index in [1.165, 1.54) is 10.4 Å². The predicted molar refractivity (Wildman–Crippen MR) is 126 cm³/mol. The van der Waals surface area contributed by atoms with Gasteiger partial charge in [0.05, 0.1) is 12.2 Å². The second kappa shape index (κ2) is 10.7. The minimum atomic E-state index is -2.62. The van der Waals surface area contributed by atoms with Gasteiger partial charge in [-0.3, -0.25) is 0 Å². The lowest BCUT2D eigenvalue weighted by Gasteiger charge is -2.43. The van der Waals surface area contributed by atoms with E-state index >= 15 is 0 Å². The van der Waals surface area contributed by atoms with Crippen LogP contribution in [0.4, 0.5) is 0 Å². The van der Waals surface area contributed by atoms with Crippen molar-refractivity contribution in [3.63, 3.8) is 0 Å². The number of hydrogen-bond donors (Lipinski definition) is 3. The van der Waals surface area contributed by atoms with E-state index in [9.17, 15) is 15.3 Å². The molecule has 3 N–H and O–H groups in total. The molecule has 0 amide bonds. The van der Waals surface area contributed by atoms with Crippen LogP contribution in [0, 0.1) is 11.8 Å². The fourth-order valence-electron chi connectivity index (χ4n) is 4.21. The van der Waals surface area contributed by atoms with Crippen molar-refractivity contribution in [3.05, 3.63) is 60.7 Å². The number of aliphatic hydroxyl groups excluding tert-OH is 3. The van der Waals surface area contributed by atoms with Crippen LogP contribution in [0.1, 0.15) is 41.0 Å². The Hall–Kier alpha value is -1.50. The van der Waals surface area contributed by atoms with Gasteiger partial charge in [-0.1, -0.05) is 95.3 Å². The van der Waals surface area contributed by atoms with E-state index < -0.39 is 20.5 Å². The Morgan fingerprint density at radius 3 is 1.73 bits per heavy atom. The predicted octanol–water partition coefficient (Wildman–Crippen LogP) is 2.94. The van der Waals surface area contributed by atoms with Crippen molar-refractivity contribution in [2.45, 2.75) is 58.3 Å². The first-order valence-corrected chi connectivity index (χ1v) is 12.8. The van der Waals surface area contributed by atoms with Crippen molar-refractivity contribution in [2.75, 3.05) is 13.2 Å². The highest BCUT2D eigenvalue weighted by atomic mass is 28.4. The third-order valence-corrected chi connectivity index (χ3v) is 11.2. The topological polar surface area (TPSA) is 69.9 Å². The van der Waals surface area contributed by atoms with Crippen molar-refractivity contribution in [1.82, 2.24) is 0 Å². The van der Waals surface area contributed by atoms with Crippen LogP contribution in [0.2, 0.25) is 5.04 Å². The monoisotopic (exact) mass is 430 g/mol. The van der Waals surface area contributed by atoms with Crippen LogP contribution in [0.3, 0.4) is 0 Å². The molecule has 0 spiro atoms. The molecule has 0 saturated carbocycles. The summed E-state index contributed by atoms with van der Waals surface area (Å²) in [5.74, 6) is -0.609. The molecule has 0 unspecified atom stereocenters. The first kappa shape index (κ1) is 24.8. The van der Waals surface area contributed by atoms with Gasteiger partial charge in [0.2, 0.25) is 0 Å². The van der Waals surface area contributed by atoms with Gasteiger partial charge in [0.25, 0.3) is 8.32 Å². The van der Waals surface area contributed by atoms with Crippen LogP contribution in [0.25, 0.3) is 0 Å². The Bertz CT molecular complexity index is 705. The zero-order valence-corrected chi connectivity index (χ0v) is 20.0. The van der Waals surface area contributed by atoms with Gasteiger partial charge in [-0.2, -0.15) is 0 Å². The second-order valence-corrected chi connectivity index (χ2v) is 13.7. The molecular weight excluding hydrogens is 392 g/mol. The number of rotatable bonds is 10. The summed E-state index contributed by atoms with van der Waals surface area (Å²) in [5, 5.41) is 32.6. The molecule has 5 heteroatoms. The molecule has 2 aromatic rings. The summed E-state index contributed by atoms with van der Waals surface area (Å²) in [6.45, 7) is 10.6. The van der Waals surface area contributed by atoms with Crippen LogP contribution in [-0.4, -0.2) is 49.1 Å². The molecule has 0 aliphatic carbocycles.